The summed E-state index contributed by atoms with van der Waals surface area (Å²) < 4.78 is 5.34. The van der Waals surface area contributed by atoms with Gasteiger partial charge >= 0.3 is 0 Å². The van der Waals surface area contributed by atoms with Crippen LogP contribution in [-0.4, -0.2) is 37.7 Å². The van der Waals surface area contributed by atoms with Crippen LogP contribution in [0.2, 0.25) is 0 Å². The van der Waals surface area contributed by atoms with Crippen LogP contribution in [0, 0.1) is 11.3 Å². The first-order chi connectivity index (χ1) is 8.74. The van der Waals surface area contributed by atoms with Gasteiger partial charge in [0.2, 0.25) is 0 Å². The van der Waals surface area contributed by atoms with E-state index < -0.39 is 0 Å². The van der Waals surface area contributed by atoms with E-state index in [1.165, 1.54) is 0 Å². The second-order valence-electron chi connectivity index (χ2n) is 5.01. The number of rotatable bonds is 4. The molecule has 1 heterocycles. The van der Waals surface area contributed by atoms with Crippen molar-refractivity contribution in [2.75, 3.05) is 32.8 Å². The summed E-state index contributed by atoms with van der Waals surface area (Å²) in [4.78, 5) is 2.38. The van der Waals surface area contributed by atoms with Gasteiger partial charge in [-0.05, 0) is 18.9 Å². The van der Waals surface area contributed by atoms with E-state index in [0.717, 1.165) is 44.8 Å². The van der Waals surface area contributed by atoms with E-state index in [-0.39, 0.29) is 5.41 Å². The second-order valence-corrected chi connectivity index (χ2v) is 5.01. The van der Waals surface area contributed by atoms with Crippen molar-refractivity contribution in [2.24, 2.45) is 0 Å². The Hall–Kier alpha value is -1.37. The summed E-state index contributed by atoms with van der Waals surface area (Å²) >= 11 is 0. The Balaban J connectivity index is 1.98. The summed E-state index contributed by atoms with van der Waals surface area (Å²) in [5, 5.41) is 9.47. The third-order valence-corrected chi connectivity index (χ3v) is 3.69. The van der Waals surface area contributed by atoms with Crippen LogP contribution in [0.3, 0.4) is 0 Å². The zero-order valence-electron chi connectivity index (χ0n) is 10.9. The molecule has 0 bridgehead atoms. The average Bonchev–Trinajstić information content (AvgIpc) is 2.47. The van der Waals surface area contributed by atoms with E-state index in [1.807, 2.05) is 37.3 Å². The topological polar surface area (TPSA) is 36.3 Å². The van der Waals surface area contributed by atoms with Crippen molar-refractivity contribution in [1.82, 2.24) is 4.90 Å². The molecule has 3 nitrogen and oxygen atoms in total. The quantitative estimate of drug-likeness (QED) is 0.814. The molecular formula is C15H20N2O. The van der Waals surface area contributed by atoms with Gasteiger partial charge in [-0.1, -0.05) is 30.3 Å². The third kappa shape index (κ3) is 3.10. The van der Waals surface area contributed by atoms with Crippen LogP contribution in [0.5, 0.6) is 0 Å². The van der Waals surface area contributed by atoms with Crippen LogP contribution in [-0.2, 0) is 10.2 Å². The van der Waals surface area contributed by atoms with Crippen molar-refractivity contribution in [1.29, 1.82) is 5.26 Å². The highest BCUT2D eigenvalue weighted by molar-refractivity contribution is 5.30. The van der Waals surface area contributed by atoms with Gasteiger partial charge in [-0.25, -0.2) is 0 Å². The molecule has 1 fully saturated rings. The van der Waals surface area contributed by atoms with E-state index in [4.69, 9.17) is 4.74 Å². The smallest absolute Gasteiger partial charge is 0.0806 e. The monoisotopic (exact) mass is 244 g/mol. The molecular weight excluding hydrogens is 224 g/mol. The molecule has 18 heavy (non-hydrogen) atoms. The van der Waals surface area contributed by atoms with Gasteiger partial charge in [-0.2, -0.15) is 5.26 Å². The normalized spacial score (nSPS) is 20.0. The van der Waals surface area contributed by atoms with Crippen LogP contribution < -0.4 is 0 Å². The zero-order valence-corrected chi connectivity index (χ0v) is 10.9. The molecule has 2 rings (SSSR count). The second kappa shape index (κ2) is 5.99. The lowest BCUT2D eigenvalue weighted by Crippen LogP contribution is -2.39. The molecule has 0 radical (unpaired) electrons. The van der Waals surface area contributed by atoms with Gasteiger partial charge in [-0.15, -0.1) is 0 Å². The van der Waals surface area contributed by atoms with Crippen molar-refractivity contribution >= 4 is 0 Å². The minimum absolute atomic E-state index is 0.389. The maximum absolute atomic E-state index is 9.47. The Morgan fingerprint density at radius 1 is 1.28 bits per heavy atom. The molecule has 0 spiro atoms. The van der Waals surface area contributed by atoms with Crippen molar-refractivity contribution in [3.05, 3.63) is 35.9 Å². The van der Waals surface area contributed by atoms with Crippen molar-refractivity contribution < 1.29 is 4.74 Å². The Labute approximate surface area is 109 Å². The van der Waals surface area contributed by atoms with Gasteiger partial charge in [-0.3, -0.25) is 4.90 Å². The van der Waals surface area contributed by atoms with E-state index in [1.54, 1.807) is 0 Å². The molecule has 0 amide bonds. The SMILES string of the molecule is C[C@](C#N)(CCN1CCOCC1)c1ccccc1. The fourth-order valence-corrected chi connectivity index (χ4v) is 2.28. The molecule has 0 N–H and O–H groups in total. The lowest BCUT2D eigenvalue weighted by molar-refractivity contribution is 0.0357. The fourth-order valence-electron chi connectivity index (χ4n) is 2.28. The number of hydrogen-bond acceptors (Lipinski definition) is 3. The highest BCUT2D eigenvalue weighted by atomic mass is 16.5. The molecule has 1 aliphatic heterocycles. The number of morpholine rings is 1. The molecule has 0 aromatic heterocycles. The van der Waals surface area contributed by atoms with Crippen LogP contribution in [0.15, 0.2) is 30.3 Å². The average molecular weight is 244 g/mol. The van der Waals surface area contributed by atoms with E-state index >= 15 is 0 Å². The van der Waals surface area contributed by atoms with E-state index in [0.29, 0.717) is 0 Å². The lowest BCUT2D eigenvalue weighted by Gasteiger charge is -2.30. The highest BCUT2D eigenvalue weighted by Gasteiger charge is 2.27. The summed E-state index contributed by atoms with van der Waals surface area (Å²) in [5.74, 6) is 0. The zero-order chi connectivity index (χ0) is 12.8. The molecule has 0 unspecified atom stereocenters. The first kappa shape index (κ1) is 13.1. The first-order valence-corrected chi connectivity index (χ1v) is 6.51. The summed E-state index contributed by atoms with van der Waals surface area (Å²) in [5.41, 5.74) is 0.722. The summed E-state index contributed by atoms with van der Waals surface area (Å²) in [6.45, 7) is 6.58. The number of nitriles is 1. The van der Waals surface area contributed by atoms with Gasteiger partial charge in [0, 0.05) is 19.6 Å². The van der Waals surface area contributed by atoms with Gasteiger partial charge in [0.05, 0.1) is 24.7 Å². The maximum Gasteiger partial charge on any atom is 0.0806 e. The molecule has 1 aliphatic rings. The minimum Gasteiger partial charge on any atom is -0.379 e. The molecule has 1 aromatic carbocycles. The first-order valence-electron chi connectivity index (χ1n) is 6.51. The third-order valence-electron chi connectivity index (χ3n) is 3.69. The standard InChI is InChI=1S/C15H20N2O/c1-15(13-16,14-5-3-2-4-6-14)7-8-17-9-11-18-12-10-17/h2-6H,7-12H2,1H3/t15-/m1/s1. The maximum atomic E-state index is 9.47. The summed E-state index contributed by atoms with van der Waals surface area (Å²) in [6, 6.07) is 12.6. The van der Waals surface area contributed by atoms with Crippen LogP contribution in [0.25, 0.3) is 0 Å². The lowest BCUT2D eigenvalue weighted by atomic mass is 9.81. The van der Waals surface area contributed by atoms with Crippen LogP contribution >= 0.6 is 0 Å². The van der Waals surface area contributed by atoms with Crippen LogP contribution in [0.4, 0.5) is 0 Å². The number of ether oxygens (including phenoxy) is 1. The Kier molecular flexibility index (Phi) is 4.35. The van der Waals surface area contributed by atoms with E-state index in [2.05, 4.69) is 11.0 Å². The summed E-state index contributed by atoms with van der Waals surface area (Å²) in [7, 11) is 0. The van der Waals surface area contributed by atoms with Gasteiger partial charge < -0.3 is 4.74 Å². The Morgan fingerprint density at radius 2 is 1.94 bits per heavy atom. The highest BCUT2D eigenvalue weighted by Crippen LogP contribution is 2.27. The molecule has 96 valence electrons. The Bertz CT molecular complexity index is 406. The Morgan fingerprint density at radius 3 is 2.56 bits per heavy atom. The predicted octanol–water partition coefficient (Wildman–Crippen LogP) is 2.19. The molecule has 0 aliphatic carbocycles. The fraction of sp³-hybridized carbons (Fsp3) is 0.533. The van der Waals surface area contributed by atoms with Crippen molar-refractivity contribution in [3.63, 3.8) is 0 Å². The number of nitrogens with zero attached hydrogens (tertiary/aromatic N) is 2. The minimum atomic E-state index is -0.389. The number of hydrogen-bond donors (Lipinski definition) is 0. The molecule has 1 atom stereocenters. The van der Waals surface area contributed by atoms with Gasteiger partial charge in [0.25, 0.3) is 0 Å². The molecule has 1 saturated heterocycles. The van der Waals surface area contributed by atoms with E-state index in [9.17, 15) is 5.26 Å². The largest absolute Gasteiger partial charge is 0.379 e. The summed E-state index contributed by atoms with van der Waals surface area (Å²) in [6.07, 6.45) is 0.869. The van der Waals surface area contributed by atoms with Gasteiger partial charge in [0.15, 0.2) is 0 Å². The van der Waals surface area contributed by atoms with Crippen molar-refractivity contribution in [2.45, 2.75) is 18.8 Å². The van der Waals surface area contributed by atoms with Gasteiger partial charge in [0.1, 0.15) is 0 Å². The number of benzene rings is 1. The van der Waals surface area contributed by atoms with Crippen molar-refractivity contribution in [3.8, 4) is 6.07 Å². The van der Waals surface area contributed by atoms with Crippen LogP contribution in [0.1, 0.15) is 18.9 Å². The molecule has 1 aromatic rings. The molecule has 0 saturated carbocycles. The molecule has 3 heteroatoms. The predicted molar refractivity (Wildman–Crippen MR) is 71.3 cm³/mol.